The van der Waals surface area contributed by atoms with Crippen LogP contribution in [0.4, 0.5) is 4.39 Å². The fourth-order valence-corrected chi connectivity index (χ4v) is 3.38. The predicted molar refractivity (Wildman–Crippen MR) is 83.4 cm³/mol. The molecule has 0 amide bonds. The third kappa shape index (κ3) is 5.24. The van der Waals surface area contributed by atoms with E-state index in [4.69, 9.17) is 0 Å². The van der Waals surface area contributed by atoms with Crippen molar-refractivity contribution in [3.63, 3.8) is 0 Å². The molecule has 20 heavy (non-hydrogen) atoms. The summed E-state index contributed by atoms with van der Waals surface area (Å²) in [6.07, 6.45) is 10.7. The van der Waals surface area contributed by atoms with E-state index < -0.39 is 0 Å². The number of nitrogens with one attached hydrogen (secondary N) is 1. The van der Waals surface area contributed by atoms with E-state index in [0.717, 1.165) is 18.9 Å². The summed E-state index contributed by atoms with van der Waals surface area (Å²) >= 11 is 0. The van der Waals surface area contributed by atoms with Gasteiger partial charge in [0.2, 0.25) is 0 Å². The lowest BCUT2D eigenvalue weighted by Crippen LogP contribution is -2.31. The van der Waals surface area contributed by atoms with E-state index in [9.17, 15) is 4.39 Å². The molecule has 1 fully saturated rings. The zero-order valence-electron chi connectivity index (χ0n) is 12.7. The van der Waals surface area contributed by atoms with Crippen LogP contribution in [0, 0.1) is 11.7 Å². The highest BCUT2D eigenvalue weighted by Gasteiger charge is 2.16. The van der Waals surface area contributed by atoms with E-state index in [1.807, 2.05) is 12.1 Å². The van der Waals surface area contributed by atoms with Crippen LogP contribution in [-0.2, 0) is 6.42 Å². The van der Waals surface area contributed by atoms with E-state index in [-0.39, 0.29) is 5.82 Å². The Kier molecular flexibility index (Phi) is 6.52. The molecule has 0 heterocycles. The predicted octanol–water partition coefficient (Wildman–Crippen LogP) is 4.71. The van der Waals surface area contributed by atoms with Crippen LogP contribution in [0.2, 0.25) is 0 Å². The van der Waals surface area contributed by atoms with Gasteiger partial charge in [-0.15, -0.1) is 0 Å². The molecule has 0 aromatic heterocycles. The Balaban J connectivity index is 1.81. The molecule has 1 N–H and O–H groups in total. The van der Waals surface area contributed by atoms with Gasteiger partial charge in [0.15, 0.2) is 0 Å². The quantitative estimate of drug-likeness (QED) is 0.761. The molecule has 1 aliphatic carbocycles. The van der Waals surface area contributed by atoms with Crippen molar-refractivity contribution in [1.29, 1.82) is 0 Å². The third-order valence-electron chi connectivity index (χ3n) is 4.54. The van der Waals surface area contributed by atoms with Crippen molar-refractivity contribution in [2.75, 3.05) is 6.54 Å². The van der Waals surface area contributed by atoms with Gasteiger partial charge >= 0.3 is 0 Å². The van der Waals surface area contributed by atoms with Gasteiger partial charge in [0.25, 0.3) is 0 Å². The van der Waals surface area contributed by atoms with Crippen LogP contribution >= 0.6 is 0 Å². The smallest absolute Gasteiger partial charge is 0.123 e. The summed E-state index contributed by atoms with van der Waals surface area (Å²) in [4.78, 5) is 0. The van der Waals surface area contributed by atoms with Crippen LogP contribution in [0.1, 0.15) is 57.4 Å². The molecule has 0 aliphatic heterocycles. The van der Waals surface area contributed by atoms with E-state index in [0.29, 0.717) is 6.04 Å². The molecule has 2 rings (SSSR count). The van der Waals surface area contributed by atoms with Crippen molar-refractivity contribution >= 4 is 0 Å². The largest absolute Gasteiger partial charge is 0.314 e. The molecule has 0 radical (unpaired) electrons. The lowest BCUT2D eigenvalue weighted by molar-refractivity contribution is 0.313. The number of hydrogen-bond acceptors (Lipinski definition) is 1. The molecule has 1 atom stereocenters. The highest BCUT2D eigenvalue weighted by atomic mass is 19.1. The Morgan fingerprint density at radius 1 is 1.15 bits per heavy atom. The van der Waals surface area contributed by atoms with E-state index in [2.05, 4.69) is 12.2 Å². The molecule has 1 nitrogen and oxygen atoms in total. The molecule has 1 unspecified atom stereocenters. The lowest BCUT2D eigenvalue weighted by Gasteiger charge is -2.25. The van der Waals surface area contributed by atoms with Crippen LogP contribution in [0.25, 0.3) is 0 Å². The molecule has 1 aromatic rings. The molecular weight excluding hydrogens is 249 g/mol. The van der Waals surface area contributed by atoms with Crippen molar-refractivity contribution in [1.82, 2.24) is 5.32 Å². The molecule has 1 aromatic carbocycles. The zero-order chi connectivity index (χ0) is 14.2. The Morgan fingerprint density at radius 2 is 1.85 bits per heavy atom. The molecule has 1 saturated carbocycles. The van der Waals surface area contributed by atoms with E-state index >= 15 is 0 Å². The fraction of sp³-hybridized carbons (Fsp3) is 0.667. The summed E-state index contributed by atoms with van der Waals surface area (Å²) in [6.45, 7) is 3.18. The SMILES string of the molecule is CCNC(CCC1CCCCC1)Cc1ccc(F)cc1. The first-order valence-corrected chi connectivity index (χ1v) is 8.25. The van der Waals surface area contributed by atoms with Gasteiger partial charge in [-0.3, -0.25) is 0 Å². The van der Waals surface area contributed by atoms with Gasteiger partial charge in [-0.1, -0.05) is 51.2 Å². The van der Waals surface area contributed by atoms with Gasteiger partial charge in [-0.05, 0) is 49.4 Å². The summed E-state index contributed by atoms with van der Waals surface area (Å²) in [6, 6.07) is 7.51. The Hall–Kier alpha value is -0.890. The maximum absolute atomic E-state index is 12.9. The molecule has 0 bridgehead atoms. The van der Waals surface area contributed by atoms with Crippen LogP contribution in [0.5, 0.6) is 0 Å². The first kappa shape index (κ1) is 15.5. The number of likely N-dealkylation sites (N-methyl/N-ethyl adjacent to an activating group) is 1. The summed E-state index contributed by atoms with van der Waals surface area (Å²) < 4.78 is 12.9. The standard InChI is InChI=1S/C18H28FN/c1-2-20-18(13-10-15-6-4-3-5-7-15)14-16-8-11-17(19)12-9-16/h8-9,11-12,15,18,20H,2-7,10,13-14H2,1H3. The summed E-state index contributed by atoms with van der Waals surface area (Å²) in [5.41, 5.74) is 1.24. The Labute approximate surface area is 123 Å². The molecule has 2 heteroatoms. The van der Waals surface area contributed by atoms with Gasteiger partial charge in [0, 0.05) is 6.04 Å². The average molecular weight is 277 g/mol. The van der Waals surface area contributed by atoms with Gasteiger partial charge in [0.1, 0.15) is 5.82 Å². The maximum Gasteiger partial charge on any atom is 0.123 e. The fourth-order valence-electron chi connectivity index (χ4n) is 3.38. The summed E-state index contributed by atoms with van der Waals surface area (Å²) in [7, 11) is 0. The van der Waals surface area contributed by atoms with Crippen molar-refractivity contribution < 1.29 is 4.39 Å². The molecular formula is C18H28FN. The molecule has 1 aliphatic rings. The van der Waals surface area contributed by atoms with E-state index in [1.54, 1.807) is 12.1 Å². The van der Waals surface area contributed by atoms with Gasteiger partial charge in [0.05, 0.1) is 0 Å². The number of rotatable bonds is 7. The van der Waals surface area contributed by atoms with Crippen LogP contribution in [-0.4, -0.2) is 12.6 Å². The van der Waals surface area contributed by atoms with Crippen LogP contribution < -0.4 is 5.32 Å². The second-order valence-corrected chi connectivity index (χ2v) is 6.17. The molecule has 0 saturated heterocycles. The van der Waals surface area contributed by atoms with Crippen molar-refractivity contribution in [2.45, 2.75) is 64.3 Å². The Morgan fingerprint density at radius 3 is 2.50 bits per heavy atom. The number of benzene rings is 1. The highest BCUT2D eigenvalue weighted by Crippen LogP contribution is 2.28. The highest BCUT2D eigenvalue weighted by molar-refractivity contribution is 5.17. The normalized spacial score (nSPS) is 18.1. The van der Waals surface area contributed by atoms with Crippen molar-refractivity contribution in [3.05, 3.63) is 35.6 Å². The minimum absolute atomic E-state index is 0.143. The molecule has 112 valence electrons. The second-order valence-electron chi connectivity index (χ2n) is 6.17. The first-order valence-electron chi connectivity index (χ1n) is 8.25. The summed E-state index contributed by atoms with van der Waals surface area (Å²) in [5, 5.41) is 3.59. The number of hydrogen-bond donors (Lipinski definition) is 1. The lowest BCUT2D eigenvalue weighted by atomic mass is 9.84. The van der Waals surface area contributed by atoms with Crippen molar-refractivity contribution in [2.24, 2.45) is 5.92 Å². The van der Waals surface area contributed by atoms with Crippen molar-refractivity contribution in [3.8, 4) is 0 Å². The third-order valence-corrected chi connectivity index (χ3v) is 4.54. The van der Waals surface area contributed by atoms with Crippen LogP contribution in [0.3, 0.4) is 0 Å². The molecule has 0 spiro atoms. The first-order chi connectivity index (χ1) is 9.78. The zero-order valence-corrected chi connectivity index (χ0v) is 12.7. The number of halogens is 1. The van der Waals surface area contributed by atoms with E-state index in [1.165, 1.54) is 50.5 Å². The van der Waals surface area contributed by atoms with Gasteiger partial charge in [-0.25, -0.2) is 4.39 Å². The van der Waals surface area contributed by atoms with Crippen LogP contribution in [0.15, 0.2) is 24.3 Å². The second kappa shape index (κ2) is 8.41. The summed E-state index contributed by atoms with van der Waals surface area (Å²) in [5.74, 6) is 0.800. The topological polar surface area (TPSA) is 12.0 Å². The minimum Gasteiger partial charge on any atom is -0.314 e. The van der Waals surface area contributed by atoms with Gasteiger partial charge < -0.3 is 5.32 Å². The maximum atomic E-state index is 12.9. The van der Waals surface area contributed by atoms with Gasteiger partial charge in [-0.2, -0.15) is 0 Å². The average Bonchev–Trinajstić information content (AvgIpc) is 2.48. The Bertz CT molecular complexity index is 368. The minimum atomic E-state index is -0.143. The monoisotopic (exact) mass is 277 g/mol.